The summed E-state index contributed by atoms with van der Waals surface area (Å²) < 4.78 is 39.8. The van der Waals surface area contributed by atoms with Crippen molar-refractivity contribution in [2.45, 2.75) is 12.7 Å². The Morgan fingerprint density at radius 1 is 1.33 bits per heavy atom. The summed E-state index contributed by atoms with van der Waals surface area (Å²) in [5.74, 6) is -0.0919. The zero-order chi connectivity index (χ0) is 13.3. The third-order valence-corrected chi connectivity index (χ3v) is 2.51. The number of halogens is 4. The molecule has 0 aliphatic heterocycles. The van der Waals surface area contributed by atoms with Gasteiger partial charge in [0.05, 0.1) is 6.54 Å². The van der Waals surface area contributed by atoms with Crippen LogP contribution in [0.5, 0.6) is 0 Å². The number of aromatic nitrogens is 4. The maximum atomic E-state index is 12.9. The molecule has 0 unspecified atom stereocenters. The Bertz CT molecular complexity index is 566. The highest BCUT2D eigenvalue weighted by molar-refractivity contribution is 9.10. The lowest BCUT2D eigenvalue weighted by Crippen LogP contribution is -2.13. The van der Waals surface area contributed by atoms with E-state index in [9.17, 15) is 13.2 Å². The molecule has 2 heterocycles. The van der Waals surface area contributed by atoms with Gasteiger partial charge in [0.25, 0.3) is 0 Å². The topological polar surface area (TPSA) is 69.6 Å². The number of pyridine rings is 1. The lowest BCUT2D eigenvalue weighted by Gasteiger charge is -2.11. The molecule has 0 fully saturated rings. The second kappa shape index (κ2) is 4.65. The van der Waals surface area contributed by atoms with E-state index in [1.165, 1.54) is 6.20 Å². The van der Waals surface area contributed by atoms with Gasteiger partial charge in [-0.25, -0.2) is 14.6 Å². The highest BCUT2D eigenvalue weighted by Crippen LogP contribution is 2.34. The molecule has 0 radical (unpaired) electrons. The zero-order valence-corrected chi connectivity index (χ0v) is 10.4. The molecule has 0 aromatic carbocycles. The zero-order valence-electron chi connectivity index (χ0n) is 8.82. The van der Waals surface area contributed by atoms with Crippen molar-refractivity contribution in [3.63, 3.8) is 0 Å². The van der Waals surface area contributed by atoms with Crippen LogP contribution in [0.2, 0.25) is 0 Å². The molecule has 5 nitrogen and oxygen atoms in total. The average Bonchev–Trinajstić information content (AvgIpc) is 2.76. The van der Waals surface area contributed by atoms with Crippen molar-refractivity contribution in [2.24, 2.45) is 5.73 Å². The molecule has 0 amide bonds. The Morgan fingerprint density at radius 2 is 2.06 bits per heavy atom. The van der Waals surface area contributed by atoms with Gasteiger partial charge in [0, 0.05) is 10.7 Å². The molecular weight excluding hydrogens is 315 g/mol. The predicted octanol–water partition coefficient (Wildman–Crippen LogP) is 1.90. The van der Waals surface area contributed by atoms with Crippen LogP contribution in [0.1, 0.15) is 11.4 Å². The molecule has 0 spiro atoms. The van der Waals surface area contributed by atoms with Crippen molar-refractivity contribution in [2.75, 3.05) is 0 Å². The maximum Gasteiger partial charge on any atom is 0.420 e. The molecule has 2 N–H and O–H groups in total. The van der Waals surface area contributed by atoms with Crippen LogP contribution in [-0.4, -0.2) is 19.7 Å². The summed E-state index contributed by atoms with van der Waals surface area (Å²) in [5, 5.41) is 3.81. The Balaban J connectivity index is 2.56. The van der Waals surface area contributed by atoms with Gasteiger partial charge in [0.15, 0.2) is 11.6 Å². The monoisotopic (exact) mass is 321 g/mol. The van der Waals surface area contributed by atoms with Gasteiger partial charge in [0.1, 0.15) is 11.9 Å². The first-order chi connectivity index (χ1) is 8.41. The van der Waals surface area contributed by atoms with E-state index in [-0.39, 0.29) is 22.7 Å². The van der Waals surface area contributed by atoms with Gasteiger partial charge in [-0.1, -0.05) is 0 Å². The second-order valence-corrected chi connectivity index (χ2v) is 4.25. The lowest BCUT2D eigenvalue weighted by atomic mass is 10.2. The normalized spacial score (nSPS) is 11.8. The quantitative estimate of drug-likeness (QED) is 0.917. The lowest BCUT2D eigenvalue weighted by molar-refractivity contribution is -0.137. The van der Waals surface area contributed by atoms with Gasteiger partial charge in [0.2, 0.25) is 0 Å². The van der Waals surface area contributed by atoms with Crippen LogP contribution >= 0.6 is 15.9 Å². The summed E-state index contributed by atoms with van der Waals surface area (Å²) in [4.78, 5) is 7.48. The second-order valence-electron chi connectivity index (χ2n) is 3.33. The summed E-state index contributed by atoms with van der Waals surface area (Å²) in [6, 6.07) is 0.937. The SMILES string of the molecule is NCc1ncn(-c2ncc(Br)cc2C(F)(F)F)n1. The summed E-state index contributed by atoms with van der Waals surface area (Å²) in [6.07, 6.45) is -2.12. The van der Waals surface area contributed by atoms with Crippen LogP contribution in [0.4, 0.5) is 13.2 Å². The van der Waals surface area contributed by atoms with Gasteiger partial charge >= 0.3 is 6.18 Å². The molecule has 2 rings (SSSR count). The van der Waals surface area contributed by atoms with E-state index >= 15 is 0 Å². The number of nitrogens with zero attached hydrogens (tertiary/aromatic N) is 4. The van der Waals surface area contributed by atoms with Crippen molar-refractivity contribution in [3.8, 4) is 5.82 Å². The van der Waals surface area contributed by atoms with Crippen LogP contribution in [0.3, 0.4) is 0 Å². The average molecular weight is 322 g/mol. The van der Waals surface area contributed by atoms with Gasteiger partial charge in [-0.15, -0.1) is 5.10 Å². The summed E-state index contributed by atoms with van der Waals surface area (Å²) in [7, 11) is 0. The molecule has 2 aromatic heterocycles. The molecule has 0 aliphatic rings. The summed E-state index contributed by atoms with van der Waals surface area (Å²) in [6.45, 7) is 0.0465. The maximum absolute atomic E-state index is 12.9. The largest absolute Gasteiger partial charge is 0.420 e. The van der Waals surface area contributed by atoms with E-state index in [1.54, 1.807) is 0 Å². The number of alkyl halides is 3. The minimum atomic E-state index is -4.53. The first-order valence-electron chi connectivity index (χ1n) is 4.75. The van der Waals surface area contributed by atoms with Crippen LogP contribution in [0, 0.1) is 0 Å². The molecule has 0 bridgehead atoms. The molecule has 0 atom stereocenters. The van der Waals surface area contributed by atoms with Gasteiger partial charge < -0.3 is 5.73 Å². The molecule has 9 heteroatoms. The Hall–Kier alpha value is -1.48. The van der Waals surface area contributed by atoms with Crippen molar-refractivity contribution < 1.29 is 13.2 Å². The molecule has 2 aromatic rings. The van der Waals surface area contributed by atoms with Gasteiger partial charge in [-0.05, 0) is 22.0 Å². The summed E-state index contributed by atoms with van der Waals surface area (Å²) >= 11 is 2.95. The highest BCUT2D eigenvalue weighted by atomic mass is 79.9. The molecule has 18 heavy (non-hydrogen) atoms. The first kappa shape index (κ1) is 13.0. The van der Waals surface area contributed by atoms with Crippen LogP contribution in [-0.2, 0) is 12.7 Å². The van der Waals surface area contributed by atoms with E-state index in [2.05, 4.69) is 31.0 Å². The minimum absolute atomic E-state index is 0.0465. The Morgan fingerprint density at radius 3 is 2.61 bits per heavy atom. The Kier molecular flexibility index (Phi) is 3.35. The van der Waals surface area contributed by atoms with Crippen molar-refractivity contribution in [3.05, 3.63) is 34.5 Å². The van der Waals surface area contributed by atoms with E-state index in [0.717, 1.165) is 17.1 Å². The standard InChI is InChI=1S/C9H7BrF3N5/c10-5-1-6(9(11,12)13)8(15-3-5)18-4-16-7(2-14)17-18/h1,3-4H,2,14H2. The van der Waals surface area contributed by atoms with E-state index < -0.39 is 11.7 Å². The molecule has 0 saturated heterocycles. The number of nitrogens with two attached hydrogens (primary N) is 1. The number of rotatable bonds is 2. The van der Waals surface area contributed by atoms with Gasteiger partial charge in [-0.2, -0.15) is 13.2 Å². The van der Waals surface area contributed by atoms with Crippen LogP contribution in [0.15, 0.2) is 23.1 Å². The number of hydrogen-bond acceptors (Lipinski definition) is 4. The highest BCUT2D eigenvalue weighted by Gasteiger charge is 2.35. The third kappa shape index (κ3) is 2.51. The van der Waals surface area contributed by atoms with Crippen LogP contribution in [0.25, 0.3) is 5.82 Å². The third-order valence-electron chi connectivity index (χ3n) is 2.08. The molecule has 96 valence electrons. The van der Waals surface area contributed by atoms with Crippen molar-refractivity contribution >= 4 is 15.9 Å². The van der Waals surface area contributed by atoms with Gasteiger partial charge in [-0.3, -0.25) is 0 Å². The fourth-order valence-corrected chi connectivity index (χ4v) is 1.65. The first-order valence-corrected chi connectivity index (χ1v) is 5.55. The van der Waals surface area contributed by atoms with Crippen LogP contribution < -0.4 is 5.73 Å². The van der Waals surface area contributed by atoms with Crippen molar-refractivity contribution in [1.82, 2.24) is 19.7 Å². The van der Waals surface area contributed by atoms with E-state index in [4.69, 9.17) is 5.73 Å². The van der Waals surface area contributed by atoms with E-state index in [1.807, 2.05) is 0 Å². The predicted molar refractivity (Wildman–Crippen MR) is 59.7 cm³/mol. The minimum Gasteiger partial charge on any atom is -0.324 e. The number of hydrogen-bond donors (Lipinski definition) is 1. The fraction of sp³-hybridized carbons (Fsp3) is 0.222. The molecular formula is C9H7BrF3N5. The van der Waals surface area contributed by atoms with Crippen molar-refractivity contribution in [1.29, 1.82) is 0 Å². The molecule has 0 aliphatic carbocycles. The smallest absolute Gasteiger partial charge is 0.324 e. The Labute approximate surface area is 108 Å². The molecule has 0 saturated carbocycles. The van der Waals surface area contributed by atoms with E-state index in [0.29, 0.717) is 0 Å². The fourth-order valence-electron chi connectivity index (χ4n) is 1.32. The summed E-state index contributed by atoms with van der Waals surface area (Å²) in [5.41, 5.74) is 4.40.